The van der Waals surface area contributed by atoms with E-state index in [2.05, 4.69) is 5.32 Å². The number of amides is 1. The van der Waals surface area contributed by atoms with E-state index in [1.54, 1.807) is 19.1 Å². The van der Waals surface area contributed by atoms with Gasteiger partial charge >= 0.3 is 0 Å². The standard InChI is InChI=1S/C22H27NO4S/c1-6-18-7-9-19(10-8-18)23-21(25)13-28(26,27)12-20-14(2)11-15(3)22(16(20)4)17(5)24/h7-11H,6,12-13H2,1-5H3,(H,23,25). The highest BCUT2D eigenvalue weighted by Gasteiger charge is 2.22. The average molecular weight is 402 g/mol. The van der Waals surface area contributed by atoms with E-state index in [4.69, 9.17) is 0 Å². The monoisotopic (exact) mass is 401 g/mol. The van der Waals surface area contributed by atoms with Crippen molar-refractivity contribution in [1.82, 2.24) is 0 Å². The highest BCUT2D eigenvalue weighted by molar-refractivity contribution is 7.91. The highest BCUT2D eigenvalue weighted by atomic mass is 32.2. The lowest BCUT2D eigenvalue weighted by atomic mass is 9.92. The van der Waals surface area contributed by atoms with E-state index >= 15 is 0 Å². The van der Waals surface area contributed by atoms with Crippen LogP contribution in [0.1, 0.15) is 52.0 Å². The molecular formula is C22H27NO4S. The Morgan fingerprint density at radius 1 is 1.00 bits per heavy atom. The van der Waals surface area contributed by atoms with Crippen molar-refractivity contribution in [3.05, 3.63) is 63.7 Å². The van der Waals surface area contributed by atoms with Crippen LogP contribution in [0.5, 0.6) is 0 Å². The highest BCUT2D eigenvalue weighted by Crippen LogP contribution is 2.25. The van der Waals surface area contributed by atoms with Gasteiger partial charge in [0.2, 0.25) is 5.91 Å². The number of benzene rings is 2. The first-order valence-corrected chi connectivity index (χ1v) is 11.1. The molecule has 150 valence electrons. The van der Waals surface area contributed by atoms with Crippen LogP contribution in [0.3, 0.4) is 0 Å². The van der Waals surface area contributed by atoms with Crippen molar-refractivity contribution in [2.75, 3.05) is 11.1 Å². The van der Waals surface area contributed by atoms with Gasteiger partial charge in [-0.15, -0.1) is 0 Å². The molecule has 0 saturated carbocycles. The van der Waals surface area contributed by atoms with Crippen LogP contribution in [0.15, 0.2) is 30.3 Å². The number of anilines is 1. The van der Waals surface area contributed by atoms with Gasteiger partial charge in [-0.1, -0.05) is 25.1 Å². The maximum atomic E-state index is 12.6. The van der Waals surface area contributed by atoms with Gasteiger partial charge in [0.05, 0.1) is 5.75 Å². The maximum Gasteiger partial charge on any atom is 0.239 e. The SMILES string of the molecule is CCc1ccc(NC(=O)CS(=O)(=O)Cc2c(C)cc(C)c(C(C)=O)c2C)cc1. The van der Waals surface area contributed by atoms with Gasteiger partial charge in [-0.05, 0) is 74.1 Å². The largest absolute Gasteiger partial charge is 0.325 e. The van der Waals surface area contributed by atoms with Crippen molar-refractivity contribution in [3.8, 4) is 0 Å². The molecule has 0 atom stereocenters. The van der Waals surface area contributed by atoms with Gasteiger partial charge < -0.3 is 5.32 Å². The minimum absolute atomic E-state index is 0.0954. The zero-order valence-electron chi connectivity index (χ0n) is 17.0. The summed E-state index contributed by atoms with van der Waals surface area (Å²) in [4.78, 5) is 24.2. The van der Waals surface area contributed by atoms with E-state index < -0.39 is 21.5 Å². The fourth-order valence-corrected chi connectivity index (χ4v) is 4.94. The summed E-state index contributed by atoms with van der Waals surface area (Å²) in [7, 11) is -3.69. The van der Waals surface area contributed by atoms with Gasteiger partial charge in [-0.25, -0.2) is 8.42 Å². The zero-order valence-corrected chi connectivity index (χ0v) is 17.9. The molecule has 28 heavy (non-hydrogen) atoms. The number of sulfone groups is 1. The normalized spacial score (nSPS) is 11.3. The van der Waals surface area contributed by atoms with Crippen molar-refractivity contribution < 1.29 is 18.0 Å². The Labute approximate surface area is 167 Å². The molecule has 0 fully saturated rings. The Kier molecular flexibility index (Phi) is 6.77. The Bertz CT molecular complexity index is 1010. The van der Waals surface area contributed by atoms with Crippen LogP contribution in [0.2, 0.25) is 0 Å². The third-order valence-electron chi connectivity index (χ3n) is 4.84. The van der Waals surface area contributed by atoms with Crippen LogP contribution in [-0.4, -0.2) is 25.9 Å². The molecule has 2 aromatic rings. The molecule has 0 aromatic heterocycles. The van der Waals surface area contributed by atoms with E-state index in [0.29, 0.717) is 22.4 Å². The lowest BCUT2D eigenvalue weighted by Crippen LogP contribution is -2.24. The molecule has 0 spiro atoms. The number of hydrogen-bond donors (Lipinski definition) is 1. The fraction of sp³-hybridized carbons (Fsp3) is 0.364. The number of carbonyl (C=O) groups excluding carboxylic acids is 2. The number of ketones is 1. The molecule has 2 aromatic carbocycles. The minimum atomic E-state index is -3.69. The quantitative estimate of drug-likeness (QED) is 0.713. The molecule has 1 amide bonds. The molecule has 0 aliphatic heterocycles. The molecular weight excluding hydrogens is 374 g/mol. The zero-order chi connectivity index (χ0) is 21.1. The molecule has 0 unspecified atom stereocenters. The molecule has 0 aliphatic carbocycles. The van der Waals surface area contributed by atoms with Crippen LogP contribution in [0.4, 0.5) is 5.69 Å². The summed E-state index contributed by atoms with van der Waals surface area (Å²) in [6, 6.07) is 9.14. The lowest BCUT2D eigenvalue weighted by molar-refractivity contribution is -0.113. The smallest absolute Gasteiger partial charge is 0.239 e. The second kappa shape index (κ2) is 8.69. The third-order valence-corrected chi connectivity index (χ3v) is 6.27. The van der Waals surface area contributed by atoms with E-state index in [0.717, 1.165) is 23.1 Å². The Balaban J connectivity index is 2.18. The molecule has 5 nitrogen and oxygen atoms in total. The lowest BCUT2D eigenvalue weighted by Gasteiger charge is -2.16. The average Bonchev–Trinajstić information content (AvgIpc) is 2.58. The summed E-state index contributed by atoms with van der Waals surface area (Å²) >= 11 is 0. The topological polar surface area (TPSA) is 80.3 Å². The first kappa shape index (κ1) is 21.8. The van der Waals surface area contributed by atoms with Crippen LogP contribution < -0.4 is 5.32 Å². The van der Waals surface area contributed by atoms with Crippen molar-refractivity contribution in [3.63, 3.8) is 0 Å². The number of rotatable bonds is 7. The maximum absolute atomic E-state index is 12.6. The Morgan fingerprint density at radius 3 is 2.14 bits per heavy atom. The van der Waals surface area contributed by atoms with Crippen LogP contribution in [0.25, 0.3) is 0 Å². The Morgan fingerprint density at radius 2 is 1.61 bits per heavy atom. The van der Waals surface area contributed by atoms with Gasteiger partial charge in [0.25, 0.3) is 0 Å². The first-order valence-electron chi connectivity index (χ1n) is 9.24. The summed E-state index contributed by atoms with van der Waals surface area (Å²) in [6.07, 6.45) is 0.889. The molecule has 0 bridgehead atoms. The van der Waals surface area contributed by atoms with Crippen molar-refractivity contribution >= 4 is 27.2 Å². The molecule has 2 rings (SSSR count). The summed E-state index contributed by atoms with van der Waals surface area (Å²) in [6.45, 7) is 8.93. The predicted molar refractivity (Wildman–Crippen MR) is 113 cm³/mol. The van der Waals surface area contributed by atoms with Crippen molar-refractivity contribution in [2.45, 2.75) is 46.8 Å². The summed E-state index contributed by atoms with van der Waals surface area (Å²) in [5, 5.41) is 2.63. The van der Waals surface area contributed by atoms with E-state index in [9.17, 15) is 18.0 Å². The second-order valence-electron chi connectivity index (χ2n) is 7.18. The molecule has 0 saturated heterocycles. The molecule has 0 heterocycles. The summed E-state index contributed by atoms with van der Waals surface area (Å²) < 4.78 is 25.3. The van der Waals surface area contributed by atoms with Crippen LogP contribution >= 0.6 is 0 Å². The molecule has 0 aliphatic rings. The number of hydrogen-bond acceptors (Lipinski definition) is 4. The van der Waals surface area contributed by atoms with Crippen molar-refractivity contribution in [1.29, 1.82) is 0 Å². The molecule has 1 N–H and O–H groups in total. The van der Waals surface area contributed by atoms with Gasteiger partial charge in [-0.3, -0.25) is 9.59 Å². The molecule has 0 radical (unpaired) electrons. The number of Topliss-reactive ketones (excluding diaryl/α,β-unsaturated/α-hetero) is 1. The van der Waals surface area contributed by atoms with Gasteiger partial charge in [0, 0.05) is 11.3 Å². The fourth-order valence-electron chi connectivity index (χ4n) is 3.48. The van der Waals surface area contributed by atoms with Gasteiger partial charge in [-0.2, -0.15) is 0 Å². The third kappa shape index (κ3) is 5.29. The van der Waals surface area contributed by atoms with E-state index in [-0.39, 0.29) is 11.5 Å². The number of aryl methyl sites for hydroxylation is 3. The minimum Gasteiger partial charge on any atom is -0.325 e. The van der Waals surface area contributed by atoms with Crippen molar-refractivity contribution in [2.24, 2.45) is 0 Å². The van der Waals surface area contributed by atoms with E-state index in [1.165, 1.54) is 6.92 Å². The predicted octanol–water partition coefficient (Wildman–Crippen LogP) is 3.93. The summed E-state index contributed by atoms with van der Waals surface area (Å²) in [5.41, 5.74) is 5.16. The van der Waals surface area contributed by atoms with Crippen LogP contribution in [0, 0.1) is 20.8 Å². The first-order chi connectivity index (χ1) is 13.0. The van der Waals surface area contributed by atoms with Crippen LogP contribution in [-0.2, 0) is 26.8 Å². The Hall–Kier alpha value is -2.47. The van der Waals surface area contributed by atoms with Gasteiger partial charge in [0.1, 0.15) is 5.75 Å². The molecule has 6 heteroatoms. The van der Waals surface area contributed by atoms with E-state index in [1.807, 2.05) is 39.0 Å². The number of nitrogens with one attached hydrogen (secondary N) is 1. The van der Waals surface area contributed by atoms with Gasteiger partial charge in [0.15, 0.2) is 15.6 Å². The second-order valence-corrected chi connectivity index (χ2v) is 9.24. The number of carbonyl (C=O) groups is 2. The summed E-state index contributed by atoms with van der Waals surface area (Å²) in [5.74, 6) is -1.54.